The molecular formula is C15H20BrNO. The lowest BCUT2D eigenvalue weighted by atomic mass is 9.64. The molecule has 0 spiro atoms. The van der Waals surface area contributed by atoms with Crippen LogP contribution in [0.25, 0.3) is 0 Å². The molecule has 0 bridgehead atoms. The van der Waals surface area contributed by atoms with Gasteiger partial charge in [0, 0.05) is 12.0 Å². The fourth-order valence-corrected chi connectivity index (χ4v) is 3.22. The van der Waals surface area contributed by atoms with E-state index in [1.807, 2.05) is 19.1 Å². The van der Waals surface area contributed by atoms with Crippen LogP contribution in [0, 0.1) is 0 Å². The Kier molecular flexibility index (Phi) is 4.13. The molecule has 0 amide bonds. The average Bonchev–Trinajstić information content (AvgIpc) is 2.29. The van der Waals surface area contributed by atoms with Crippen molar-refractivity contribution < 1.29 is 4.74 Å². The van der Waals surface area contributed by atoms with Gasteiger partial charge in [0.2, 0.25) is 0 Å². The molecule has 1 aromatic carbocycles. The number of hydrogen-bond donors (Lipinski definition) is 1. The monoisotopic (exact) mass is 309 g/mol. The molecule has 3 heteroatoms. The third-order valence-electron chi connectivity index (χ3n) is 3.71. The molecular weight excluding hydrogens is 290 g/mol. The van der Waals surface area contributed by atoms with Gasteiger partial charge >= 0.3 is 0 Å². The molecule has 0 unspecified atom stereocenters. The topological polar surface area (TPSA) is 35.2 Å². The van der Waals surface area contributed by atoms with Crippen molar-refractivity contribution in [1.29, 1.82) is 0 Å². The fourth-order valence-electron chi connectivity index (χ4n) is 2.42. The van der Waals surface area contributed by atoms with Crippen LogP contribution >= 0.6 is 15.9 Å². The average molecular weight is 310 g/mol. The van der Waals surface area contributed by atoms with E-state index in [0.29, 0.717) is 13.2 Å². The van der Waals surface area contributed by atoms with Crippen LogP contribution in [0.3, 0.4) is 0 Å². The van der Waals surface area contributed by atoms with Gasteiger partial charge in [0.25, 0.3) is 0 Å². The zero-order valence-corrected chi connectivity index (χ0v) is 12.4. The number of hydrogen-bond acceptors (Lipinski definition) is 2. The van der Waals surface area contributed by atoms with Crippen LogP contribution in [0.1, 0.15) is 31.7 Å². The smallest absolute Gasteiger partial charge is 0.134 e. The third kappa shape index (κ3) is 2.47. The van der Waals surface area contributed by atoms with Crippen molar-refractivity contribution in [3.63, 3.8) is 0 Å². The summed E-state index contributed by atoms with van der Waals surface area (Å²) >= 11 is 3.67. The molecule has 1 aliphatic rings. The molecule has 1 aromatic rings. The molecule has 0 atom stereocenters. The van der Waals surface area contributed by atoms with Crippen molar-refractivity contribution in [2.24, 2.45) is 5.73 Å². The number of nitrogens with two attached hydrogens (primary N) is 1. The molecule has 98 valence electrons. The molecule has 1 fully saturated rings. The predicted molar refractivity (Wildman–Crippen MR) is 79.0 cm³/mol. The second-order valence-corrected chi connectivity index (χ2v) is 5.99. The van der Waals surface area contributed by atoms with E-state index in [-0.39, 0.29) is 5.41 Å². The van der Waals surface area contributed by atoms with Crippen LogP contribution in [-0.2, 0) is 5.41 Å². The Morgan fingerprint density at radius 2 is 2.22 bits per heavy atom. The maximum Gasteiger partial charge on any atom is 0.134 e. The highest BCUT2D eigenvalue weighted by Gasteiger charge is 2.39. The third-order valence-corrected chi connectivity index (χ3v) is 4.53. The molecule has 0 radical (unpaired) electrons. The Balaban J connectivity index is 2.27. The lowest BCUT2D eigenvalue weighted by Crippen LogP contribution is -2.41. The predicted octanol–water partition coefficient (Wildman–Crippen LogP) is 3.78. The summed E-state index contributed by atoms with van der Waals surface area (Å²) in [4.78, 5) is 0. The molecule has 2 rings (SSSR count). The van der Waals surface area contributed by atoms with Crippen LogP contribution in [0.5, 0.6) is 5.75 Å². The van der Waals surface area contributed by atoms with Crippen LogP contribution < -0.4 is 10.5 Å². The molecule has 0 saturated heterocycles. The lowest BCUT2D eigenvalue weighted by Gasteiger charge is -2.42. The van der Waals surface area contributed by atoms with E-state index in [0.717, 1.165) is 15.8 Å². The summed E-state index contributed by atoms with van der Waals surface area (Å²) in [6.45, 7) is 7.07. The van der Waals surface area contributed by atoms with Gasteiger partial charge in [0.1, 0.15) is 12.4 Å². The van der Waals surface area contributed by atoms with Crippen molar-refractivity contribution in [2.75, 3.05) is 13.2 Å². The minimum Gasteiger partial charge on any atom is -0.488 e. The summed E-state index contributed by atoms with van der Waals surface area (Å²) < 4.78 is 6.81. The molecule has 0 aromatic heterocycles. The van der Waals surface area contributed by atoms with E-state index in [9.17, 15) is 0 Å². The van der Waals surface area contributed by atoms with Gasteiger partial charge in [0.05, 0.1) is 4.47 Å². The lowest BCUT2D eigenvalue weighted by molar-refractivity contribution is 0.250. The molecule has 18 heavy (non-hydrogen) atoms. The van der Waals surface area contributed by atoms with Gasteiger partial charge in [-0.25, -0.2) is 0 Å². The first-order valence-electron chi connectivity index (χ1n) is 6.35. The van der Waals surface area contributed by atoms with Gasteiger partial charge < -0.3 is 10.5 Å². The highest BCUT2D eigenvalue weighted by atomic mass is 79.9. The summed E-state index contributed by atoms with van der Waals surface area (Å²) in [5.41, 5.74) is 8.43. The summed E-state index contributed by atoms with van der Waals surface area (Å²) in [6.07, 6.45) is 3.61. The Bertz CT molecular complexity index is 446. The van der Waals surface area contributed by atoms with Crippen molar-refractivity contribution in [2.45, 2.75) is 31.6 Å². The Hall–Kier alpha value is -0.800. The summed E-state index contributed by atoms with van der Waals surface area (Å²) in [5, 5.41) is 0. The minimum absolute atomic E-state index is 0.154. The van der Waals surface area contributed by atoms with Crippen molar-refractivity contribution in [1.82, 2.24) is 0 Å². The molecule has 0 heterocycles. The van der Waals surface area contributed by atoms with E-state index in [2.05, 4.69) is 28.6 Å². The van der Waals surface area contributed by atoms with Crippen LogP contribution in [0.2, 0.25) is 0 Å². The minimum atomic E-state index is 0.154. The molecule has 1 aliphatic carbocycles. The van der Waals surface area contributed by atoms with E-state index >= 15 is 0 Å². The highest BCUT2D eigenvalue weighted by Crippen LogP contribution is 2.47. The quantitative estimate of drug-likeness (QED) is 0.840. The Morgan fingerprint density at radius 3 is 2.72 bits per heavy atom. The Morgan fingerprint density at radius 1 is 1.50 bits per heavy atom. The zero-order chi connectivity index (χ0) is 13.2. The highest BCUT2D eigenvalue weighted by molar-refractivity contribution is 9.10. The summed E-state index contributed by atoms with van der Waals surface area (Å²) in [5.74, 6) is 0.884. The number of benzene rings is 1. The molecule has 2 N–H and O–H groups in total. The number of ether oxygens (including phenoxy) is 1. The van der Waals surface area contributed by atoms with E-state index in [4.69, 9.17) is 10.5 Å². The van der Waals surface area contributed by atoms with Crippen LogP contribution in [-0.4, -0.2) is 13.2 Å². The van der Waals surface area contributed by atoms with Gasteiger partial charge in [0.15, 0.2) is 0 Å². The van der Waals surface area contributed by atoms with Gasteiger partial charge in [-0.3, -0.25) is 0 Å². The van der Waals surface area contributed by atoms with Gasteiger partial charge in [-0.15, -0.1) is 0 Å². The first-order valence-corrected chi connectivity index (χ1v) is 7.14. The van der Waals surface area contributed by atoms with Crippen molar-refractivity contribution in [3.05, 3.63) is 40.4 Å². The van der Waals surface area contributed by atoms with Crippen LogP contribution in [0.15, 0.2) is 34.8 Å². The van der Waals surface area contributed by atoms with E-state index in [1.165, 1.54) is 24.8 Å². The van der Waals surface area contributed by atoms with E-state index < -0.39 is 0 Å². The standard InChI is InChI=1S/C15H20BrNO/c1-11(2)9-18-13-6-3-5-12(14(13)16)15(10-17)7-4-8-15/h3,5-6H,1,4,7-10,17H2,2H3. The normalized spacial score (nSPS) is 17.1. The maximum atomic E-state index is 5.97. The number of halogens is 1. The zero-order valence-electron chi connectivity index (χ0n) is 10.8. The second-order valence-electron chi connectivity index (χ2n) is 5.20. The molecule has 1 saturated carbocycles. The largest absolute Gasteiger partial charge is 0.488 e. The summed E-state index contributed by atoms with van der Waals surface area (Å²) in [7, 11) is 0. The maximum absolute atomic E-state index is 5.97. The first kappa shape index (κ1) is 13.6. The van der Waals surface area contributed by atoms with Gasteiger partial charge in [-0.2, -0.15) is 0 Å². The second kappa shape index (κ2) is 5.45. The molecule has 0 aliphatic heterocycles. The van der Waals surface area contributed by atoms with Gasteiger partial charge in [-0.05, 0) is 52.9 Å². The van der Waals surface area contributed by atoms with E-state index in [1.54, 1.807) is 0 Å². The molecule has 2 nitrogen and oxygen atoms in total. The fraction of sp³-hybridized carbons (Fsp3) is 0.467. The first-order chi connectivity index (χ1) is 8.59. The SMILES string of the molecule is C=C(C)COc1cccc(C2(CN)CCC2)c1Br. The van der Waals surface area contributed by atoms with Crippen molar-refractivity contribution >= 4 is 15.9 Å². The number of rotatable bonds is 5. The van der Waals surface area contributed by atoms with Crippen molar-refractivity contribution in [3.8, 4) is 5.75 Å². The van der Waals surface area contributed by atoms with Gasteiger partial charge in [-0.1, -0.05) is 25.1 Å². The Labute approximate surface area is 117 Å². The van der Waals surface area contributed by atoms with Crippen LogP contribution in [0.4, 0.5) is 0 Å². The summed E-state index contributed by atoms with van der Waals surface area (Å²) in [6, 6.07) is 6.19.